The molecular formula is C22H29LiO5P+. The van der Waals surface area contributed by atoms with E-state index < -0.39 is 0 Å². The van der Waals surface area contributed by atoms with Gasteiger partial charge in [0.25, 0.3) is 0 Å². The Morgan fingerprint density at radius 2 is 1.48 bits per heavy atom. The van der Waals surface area contributed by atoms with Gasteiger partial charge in [0.2, 0.25) is 0 Å². The fraction of sp³-hybridized carbons (Fsp3) is 0.409. The second-order valence-electron chi connectivity index (χ2n) is 6.29. The second kappa shape index (κ2) is 13.5. The maximum Gasteiger partial charge on any atom is 1.00 e. The maximum absolute atomic E-state index is 12.9. The van der Waals surface area contributed by atoms with E-state index in [1.807, 2.05) is 24.3 Å². The van der Waals surface area contributed by atoms with Crippen molar-refractivity contribution in [2.75, 3.05) is 27.9 Å². The van der Waals surface area contributed by atoms with E-state index in [-0.39, 0.29) is 33.0 Å². The molecule has 0 saturated heterocycles. The first-order valence-electron chi connectivity index (χ1n) is 9.47. The van der Waals surface area contributed by atoms with Gasteiger partial charge in [-0.3, -0.25) is 4.79 Å². The molecule has 0 aromatic heterocycles. The summed E-state index contributed by atoms with van der Waals surface area (Å²) in [5.74, 6) is 2.30. The van der Waals surface area contributed by atoms with Gasteiger partial charge in [-0.2, -0.15) is 0 Å². The summed E-state index contributed by atoms with van der Waals surface area (Å²) in [6, 6.07) is 11.1. The summed E-state index contributed by atoms with van der Waals surface area (Å²) < 4.78 is 21.8. The van der Waals surface area contributed by atoms with Gasteiger partial charge in [-0.1, -0.05) is 38.3 Å². The maximum atomic E-state index is 12.9. The second-order valence-corrected chi connectivity index (χ2v) is 7.58. The molecule has 5 nitrogen and oxygen atoms in total. The number of methoxy groups -OCH3 is 3. The minimum absolute atomic E-state index is 0. The molecule has 1 unspecified atom stereocenters. The first kappa shape index (κ1) is 25.4. The summed E-state index contributed by atoms with van der Waals surface area (Å²) in [5.41, 5.74) is 0.380. The van der Waals surface area contributed by atoms with E-state index in [4.69, 9.17) is 18.9 Å². The Morgan fingerprint density at radius 1 is 0.862 bits per heavy atom. The fourth-order valence-electron chi connectivity index (χ4n) is 2.78. The number of carbonyl (C=O) groups excluding carboxylic acids is 1. The van der Waals surface area contributed by atoms with Crippen molar-refractivity contribution in [3.8, 4) is 23.0 Å². The number of hydrogen-bond donors (Lipinski definition) is 0. The Morgan fingerprint density at radius 3 is 2.00 bits per heavy atom. The minimum Gasteiger partial charge on any atom is -0.496 e. The largest absolute Gasteiger partial charge is 1.00 e. The van der Waals surface area contributed by atoms with Gasteiger partial charge in [-0.15, -0.1) is 0 Å². The predicted octanol–water partition coefficient (Wildman–Crippen LogP) is 1.82. The molecule has 0 aliphatic carbocycles. The van der Waals surface area contributed by atoms with Crippen LogP contribution in [0.4, 0.5) is 0 Å². The predicted molar refractivity (Wildman–Crippen MR) is 114 cm³/mol. The quantitative estimate of drug-likeness (QED) is 0.303. The Labute approximate surface area is 187 Å². The van der Waals surface area contributed by atoms with E-state index in [0.717, 1.165) is 24.1 Å². The SMILES string of the molecule is CCCCCCOc1ccc(PC(=O)c2c(OC)cc(OC)cc2OC)cc1.[Li+]. The van der Waals surface area contributed by atoms with Gasteiger partial charge in [0.1, 0.15) is 28.6 Å². The third-order valence-corrected chi connectivity index (χ3v) is 5.42. The van der Waals surface area contributed by atoms with Gasteiger partial charge >= 0.3 is 18.9 Å². The summed E-state index contributed by atoms with van der Waals surface area (Å²) in [6.45, 7) is 2.92. The summed E-state index contributed by atoms with van der Waals surface area (Å²) in [7, 11) is 4.57. The first-order chi connectivity index (χ1) is 13.6. The van der Waals surface area contributed by atoms with Gasteiger partial charge in [-0.05, 0) is 32.4 Å². The van der Waals surface area contributed by atoms with Crippen LogP contribution in [0.15, 0.2) is 36.4 Å². The smallest absolute Gasteiger partial charge is 0.496 e. The molecule has 0 aliphatic heterocycles. The summed E-state index contributed by atoms with van der Waals surface area (Å²) in [5, 5.41) is 0.934. The van der Waals surface area contributed by atoms with E-state index in [2.05, 4.69) is 6.92 Å². The van der Waals surface area contributed by atoms with Crippen LogP contribution in [0.1, 0.15) is 43.0 Å². The van der Waals surface area contributed by atoms with Crippen LogP contribution in [0.2, 0.25) is 0 Å². The molecule has 2 aromatic carbocycles. The standard InChI is InChI=1S/C22H29O5P.Li/c1-5-6-7-8-13-27-16-9-11-18(12-10-16)28-22(23)21-19(25-3)14-17(24-2)15-20(21)26-4;/h9-12,14-15,28H,5-8,13H2,1-4H3;/q;+1. The molecule has 0 amide bonds. The number of rotatable bonds is 12. The Hall–Kier alpha value is -1.66. The van der Waals surface area contributed by atoms with Crippen LogP contribution in [0.25, 0.3) is 0 Å². The molecule has 2 rings (SSSR count). The Kier molecular flexibility index (Phi) is 11.8. The van der Waals surface area contributed by atoms with Crippen LogP contribution in [-0.4, -0.2) is 33.5 Å². The molecule has 0 bridgehead atoms. The average Bonchev–Trinajstić information content (AvgIpc) is 2.73. The van der Waals surface area contributed by atoms with Gasteiger partial charge in [0.05, 0.1) is 27.9 Å². The summed E-state index contributed by atoms with van der Waals surface area (Å²) in [6.07, 6.45) is 4.71. The topological polar surface area (TPSA) is 54.0 Å². The number of carbonyl (C=O) groups is 1. The van der Waals surface area contributed by atoms with Crippen molar-refractivity contribution in [2.24, 2.45) is 0 Å². The molecule has 1 atom stereocenters. The molecule has 0 heterocycles. The molecule has 0 saturated carbocycles. The van der Waals surface area contributed by atoms with E-state index in [0.29, 0.717) is 22.8 Å². The zero-order valence-corrected chi connectivity index (χ0v) is 19.0. The zero-order chi connectivity index (χ0) is 20.4. The summed E-state index contributed by atoms with van der Waals surface area (Å²) >= 11 is 0. The van der Waals surface area contributed by atoms with Crippen LogP contribution in [0.3, 0.4) is 0 Å². The Balaban J connectivity index is 0.00000420. The third-order valence-electron chi connectivity index (χ3n) is 4.32. The summed E-state index contributed by atoms with van der Waals surface area (Å²) in [4.78, 5) is 12.9. The van der Waals surface area contributed by atoms with Gasteiger partial charge in [0, 0.05) is 12.1 Å². The van der Waals surface area contributed by atoms with Crippen LogP contribution >= 0.6 is 8.58 Å². The first-order valence-corrected chi connectivity index (χ1v) is 10.5. The average molecular weight is 411 g/mol. The molecule has 29 heavy (non-hydrogen) atoms. The van der Waals surface area contributed by atoms with Crippen LogP contribution < -0.4 is 43.1 Å². The Bertz CT molecular complexity index is 739. The number of hydrogen-bond acceptors (Lipinski definition) is 5. The monoisotopic (exact) mass is 411 g/mol. The molecule has 152 valence electrons. The number of ether oxygens (including phenoxy) is 4. The molecular weight excluding hydrogens is 382 g/mol. The third kappa shape index (κ3) is 7.59. The van der Waals surface area contributed by atoms with Crippen LogP contribution in [-0.2, 0) is 0 Å². The molecule has 0 N–H and O–H groups in total. The molecule has 0 aliphatic rings. The fourth-order valence-corrected chi connectivity index (χ4v) is 3.74. The van der Waals surface area contributed by atoms with Gasteiger partial charge in [-0.25, -0.2) is 0 Å². The van der Waals surface area contributed by atoms with E-state index in [1.54, 1.807) is 19.2 Å². The molecule has 7 heteroatoms. The van der Waals surface area contributed by atoms with Crippen molar-refractivity contribution >= 4 is 19.4 Å². The number of unbranched alkanes of at least 4 members (excludes halogenated alkanes) is 3. The van der Waals surface area contributed by atoms with E-state index in [1.165, 1.54) is 33.5 Å². The number of benzene rings is 2. The van der Waals surface area contributed by atoms with Crippen molar-refractivity contribution in [1.82, 2.24) is 0 Å². The van der Waals surface area contributed by atoms with Crippen molar-refractivity contribution in [3.63, 3.8) is 0 Å². The van der Waals surface area contributed by atoms with Gasteiger partial charge in [0.15, 0.2) is 5.52 Å². The van der Waals surface area contributed by atoms with Crippen molar-refractivity contribution < 1.29 is 42.6 Å². The normalized spacial score (nSPS) is 10.5. The van der Waals surface area contributed by atoms with Gasteiger partial charge < -0.3 is 18.9 Å². The molecule has 0 fully saturated rings. The van der Waals surface area contributed by atoms with E-state index in [9.17, 15) is 4.79 Å². The minimum atomic E-state index is -0.0513. The molecule has 0 radical (unpaired) electrons. The van der Waals surface area contributed by atoms with E-state index >= 15 is 0 Å². The zero-order valence-electron chi connectivity index (χ0n) is 18.0. The molecule has 2 aromatic rings. The van der Waals surface area contributed by atoms with Crippen molar-refractivity contribution in [1.29, 1.82) is 0 Å². The van der Waals surface area contributed by atoms with Crippen molar-refractivity contribution in [3.05, 3.63) is 42.0 Å². The molecule has 0 spiro atoms. The van der Waals surface area contributed by atoms with Crippen molar-refractivity contribution in [2.45, 2.75) is 32.6 Å². The van der Waals surface area contributed by atoms with Crippen LogP contribution in [0.5, 0.6) is 23.0 Å². The van der Waals surface area contributed by atoms with Crippen LogP contribution in [0, 0.1) is 0 Å².